The smallest absolute Gasteiger partial charge is 0.534 e. The lowest BCUT2D eigenvalue weighted by atomic mass is 9.72. The molecule has 1 aliphatic carbocycles. The molecule has 2 aliphatic rings. The van der Waals surface area contributed by atoms with Crippen LogP contribution in [0, 0.1) is 17.2 Å². The second kappa shape index (κ2) is 10.8. The standard InChI is InChI=1S/C21H25BN2O7/c23-11-5-10-18(25)24-17-12-15-8-4-9-16(19(15)31-22(17)28)21(27)30-13-29-20(26)14-6-2-1-3-7-14/h4,8-9,14,17,28H,1-3,5-7,10,12-13H2,(H,24,25)/t17-/m0/s1. The Balaban J connectivity index is 1.57. The number of rotatable bonds is 7. The van der Waals surface area contributed by atoms with Crippen molar-refractivity contribution in [2.24, 2.45) is 5.92 Å². The van der Waals surface area contributed by atoms with Crippen molar-refractivity contribution in [2.45, 2.75) is 57.3 Å². The molecule has 1 aromatic carbocycles. The fourth-order valence-electron chi connectivity index (χ4n) is 3.83. The van der Waals surface area contributed by atoms with Crippen molar-refractivity contribution in [1.29, 1.82) is 5.26 Å². The molecule has 1 fully saturated rings. The fraction of sp³-hybridized carbons (Fsp3) is 0.524. The Morgan fingerprint density at radius 3 is 2.74 bits per heavy atom. The van der Waals surface area contributed by atoms with E-state index in [-0.39, 0.29) is 48.4 Å². The Labute approximate surface area is 180 Å². The zero-order valence-corrected chi connectivity index (χ0v) is 17.2. The van der Waals surface area contributed by atoms with Crippen LogP contribution in [0.15, 0.2) is 18.2 Å². The van der Waals surface area contributed by atoms with Crippen LogP contribution in [0.3, 0.4) is 0 Å². The van der Waals surface area contributed by atoms with E-state index in [1.165, 1.54) is 6.07 Å². The van der Waals surface area contributed by atoms with Crippen LogP contribution in [0.4, 0.5) is 0 Å². The third-order valence-electron chi connectivity index (χ3n) is 5.48. The van der Waals surface area contributed by atoms with Gasteiger partial charge in [0.15, 0.2) is 0 Å². The minimum atomic E-state index is -1.36. The van der Waals surface area contributed by atoms with Crippen LogP contribution < -0.4 is 9.97 Å². The van der Waals surface area contributed by atoms with Crippen molar-refractivity contribution in [3.05, 3.63) is 29.3 Å². The number of nitrogens with zero attached hydrogens (tertiary/aromatic N) is 1. The van der Waals surface area contributed by atoms with Crippen LogP contribution in [-0.2, 0) is 25.5 Å². The number of amides is 1. The van der Waals surface area contributed by atoms with E-state index < -0.39 is 25.8 Å². The molecule has 31 heavy (non-hydrogen) atoms. The highest BCUT2D eigenvalue weighted by atomic mass is 16.7. The average Bonchev–Trinajstić information content (AvgIpc) is 2.78. The van der Waals surface area contributed by atoms with Gasteiger partial charge in [-0.05, 0) is 30.9 Å². The van der Waals surface area contributed by atoms with Gasteiger partial charge in [0.25, 0.3) is 0 Å². The maximum atomic E-state index is 12.5. The van der Waals surface area contributed by atoms with Crippen molar-refractivity contribution in [2.75, 3.05) is 6.79 Å². The Morgan fingerprint density at radius 1 is 1.23 bits per heavy atom. The maximum absolute atomic E-state index is 12.5. The molecule has 0 radical (unpaired) electrons. The second-order valence-corrected chi connectivity index (χ2v) is 7.69. The summed E-state index contributed by atoms with van der Waals surface area (Å²) in [5.74, 6) is -2.15. The molecule has 1 saturated carbocycles. The fourth-order valence-corrected chi connectivity index (χ4v) is 3.83. The van der Waals surface area contributed by atoms with Gasteiger partial charge in [-0.25, -0.2) is 4.79 Å². The number of benzene rings is 1. The normalized spacial score (nSPS) is 18.2. The van der Waals surface area contributed by atoms with Gasteiger partial charge in [0, 0.05) is 12.8 Å². The van der Waals surface area contributed by atoms with E-state index in [9.17, 15) is 19.4 Å². The summed E-state index contributed by atoms with van der Waals surface area (Å²) >= 11 is 0. The monoisotopic (exact) mass is 428 g/mol. The van der Waals surface area contributed by atoms with Crippen LogP contribution >= 0.6 is 0 Å². The quantitative estimate of drug-likeness (QED) is 0.381. The van der Waals surface area contributed by atoms with Gasteiger partial charge < -0.3 is 24.5 Å². The van der Waals surface area contributed by atoms with Crippen LogP contribution in [0.2, 0.25) is 0 Å². The van der Waals surface area contributed by atoms with E-state index in [0.29, 0.717) is 5.56 Å². The third-order valence-corrected chi connectivity index (χ3v) is 5.48. The zero-order chi connectivity index (χ0) is 22.2. The summed E-state index contributed by atoms with van der Waals surface area (Å²) in [5, 5.41) is 21.5. The Kier molecular flexibility index (Phi) is 7.90. The molecule has 1 amide bonds. The molecule has 2 N–H and O–H groups in total. The molecule has 0 spiro atoms. The highest BCUT2D eigenvalue weighted by Crippen LogP contribution is 2.31. The Bertz CT molecular complexity index is 864. The number of nitrogens with one attached hydrogen (secondary N) is 1. The first kappa shape index (κ1) is 22.6. The van der Waals surface area contributed by atoms with E-state index >= 15 is 0 Å². The van der Waals surface area contributed by atoms with Gasteiger partial charge in [-0.1, -0.05) is 31.4 Å². The molecule has 0 unspecified atom stereocenters. The molecular weight excluding hydrogens is 403 g/mol. The summed E-state index contributed by atoms with van der Waals surface area (Å²) in [6.45, 7) is -0.488. The first-order valence-corrected chi connectivity index (χ1v) is 10.5. The first-order valence-electron chi connectivity index (χ1n) is 10.5. The lowest BCUT2D eigenvalue weighted by Gasteiger charge is -2.29. The van der Waals surface area contributed by atoms with Crippen LogP contribution in [0.25, 0.3) is 0 Å². The molecule has 3 rings (SSSR count). The summed E-state index contributed by atoms with van der Waals surface area (Å²) in [6.07, 6.45) is 5.04. The summed E-state index contributed by atoms with van der Waals surface area (Å²) < 4.78 is 15.7. The van der Waals surface area contributed by atoms with Gasteiger partial charge in [-0.3, -0.25) is 9.59 Å². The topological polar surface area (TPSA) is 135 Å². The number of ether oxygens (including phenoxy) is 2. The number of carbonyl (C=O) groups is 3. The number of fused-ring (bicyclic) bond motifs is 1. The molecule has 0 bridgehead atoms. The summed E-state index contributed by atoms with van der Waals surface area (Å²) in [5.41, 5.74) is 0.712. The van der Waals surface area contributed by atoms with E-state index in [1.807, 2.05) is 6.07 Å². The molecule has 164 valence electrons. The van der Waals surface area contributed by atoms with Gasteiger partial charge in [0.05, 0.1) is 17.9 Å². The van der Waals surface area contributed by atoms with E-state index in [0.717, 1.165) is 32.1 Å². The molecule has 1 aliphatic heterocycles. The maximum Gasteiger partial charge on any atom is 0.547 e. The average molecular weight is 428 g/mol. The third kappa shape index (κ3) is 5.98. The zero-order valence-electron chi connectivity index (χ0n) is 17.2. The SMILES string of the molecule is N#CCCC(=O)N[C@H]1Cc2cccc(C(=O)OCOC(=O)C3CCCCC3)c2OB1O. The van der Waals surface area contributed by atoms with E-state index in [2.05, 4.69) is 5.32 Å². The Morgan fingerprint density at radius 2 is 2.00 bits per heavy atom. The highest BCUT2D eigenvalue weighted by Gasteiger charge is 2.37. The van der Waals surface area contributed by atoms with Gasteiger partial charge in [0.2, 0.25) is 12.7 Å². The van der Waals surface area contributed by atoms with Crippen molar-refractivity contribution in [1.82, 2.24) is 5.32 Å². The number of esters is 2. The van der Waals surface area contributed by atoms with E-state index in [4.69, 9.17) is 19.4 Å². The summed E-state index contributed by atoms with van der Waals surface area (Å²) in [7, 11) is -1.36. The lowest BCUT2D eigenvalue weighted by Crippen LogP contribution is -2.53. The van der Waals surface area contributed by atoms with Crippen molar-refractivity contribution >= 4 is 25.0 Å². The predicted molar refractivity (Wildman–Crippen MR) is 108 cm³/mol. The summed E-state index contributed by atoms with van der Waals surface area (Å²) in [4.78, 5) is 36.4. The highest BCUT2D eigenvalue weighted by molar-refractivity contribution is 6.47. The van der Waals surface area contributed by atoms with Crippen molar-refractivity contribution in [3.63, 3.8) is 0 Å². The largest absolute Gasteiger partial charge is 0.547 e. The minimum absolute atomic E-state index is 0.0263. The molecule has 9 nitrogen and oxygen atoms in total. The van der Waals surface area contributed by atoms with Gasteiger partial charge in [-0.15, -0.1) is 0 Å². The molecular formula is C21H25BN2O7. The molecule has 0 saturated heterocycles. The lowest BCUT2D eigenvalue weighted by molar-refractivity contribution is -0.158. The molecule has 1 heterocycles. The number of hydrogen-bond donors (Lipinski definition) is 2. The Hall–Kier alpha value is -3.06. The first-order chi connectivity index (χ1) is 15.0. The predicted octanol–water partition coefficient (Wildman–Crippen LogP) is 1.67. The van der Waals surface area contributed by atoms with Crippen LogP contribution in [0.5, 0.6) is 5.75 Å². The number of hydrogen-bond acceptors (Lipinski definition) is 8. The summed E-state index contributed by atoms with van der Waals surface area (Å²) in [6, 6.07) is 6.73. The molecule has 1 aromatic rings. The molecule has 1 atom stereocenters. The van der Waals surface area contributed by atoms with Crippen LogP contribution in [0.1, 0.15) is 60.9 Å². The minimum Gasteiger partial charge on any atom is -0.534 e. The number of carbonyl (C=O) groups excluding carboxylic acids is 3. The van der Waals surface area contributed by atoms with Crippen molar-refractivity contribution in [3.8, 4) is 11.8 Å². The second-order valence-electron chi connectivity index (χ2n) is 7.69. The van der Waals surface area contributed by atoms with Gasteiger partial charge in [0.1, 0.15) is 11.3 Å². The van der Waals surface area contributed by atoms with E-state index in [1.54, 1.807) is 12.1 Å². The van der Waals surface area contributed by atoms with Crippen molar-refractivity contribution < 1.29 is 33.5 Å². The van der Waals surface area contributed by atoms with Gasteiger partial charge in [-0.2, -0.15) is 5.26 Å². The number of nitriles is 1. The molecule has 10 heteroatoms. The van der Waals surface area contributed by atoms with Gasteiger partial charge >= 0.3 is 19.1 Å². The van der Waals surface area contributed by atoms with Crippen LogP contribution in [-0.4, -0.2) is 42.7 Å². The number of para-hydroxylation sites is 1. The molecule has 0 aromatic heterocycles.